The Hall–Kier alpha value is -3.46. The largest absolute Gasteiger partial charge is 0.308 e. The van der Waals surface area contributed by atoms with Gasteiger partial charge in [-0.25, -0.2) is 0 Å². The summed E-state index contributed by atoms with van der Waals surface area (Å²) in [5.74, 6) is 0. The van der Waals surface area contributed by atoms with Crippen LogP contribution >= 0.6 is 0 Å². The maximum atomic E-state index is 4.45. The molecule has 0 fully saturated rings. The molecule has 2 aromatic carbocycles. The second kappa shape index (κ2) is 5.08. The molecule has 0 saturated heterocycles. The van der Waals surface area contributed by atoms with E-state index < -0.39 is 0 Å². The van der Waals surface area contributed by atoms with Crippen molar-refractivity contribution in [1.29, 1.82) is 0 Å². The number of aromatic nitrogens is 2. The van der Waals surface area contributed by atoms with Gasteiger partial charge in [-0.3, -0.25) is 9.97 Å². The molecule has 3 aliphatic rings. The number of fused-ring (bicyclic) bond motifs is 8. The number of benzene rings is 2. The number of anilines is 3. The number of pyridine rings is 2. The molecule has 2 aliphatic heterocycles. The molecular formula is C25H17N3. The molecule has 2 aromatic heterocycles. The van der Waals surface area contributed by atoms with Crippen LogP contribution in [0.25, 0.3) is 11.1 Å². The van der Waals surface area contributed by atoms with Gasteiger partial charge in [-0.15, -0.1) is 0 Å². The van der Waals surface area contributed by atoms with Crippen LogP contribution in [0.5, 0.6) is 0 Å². The van der Waals surface area contributed by atoms with Crippen molar-refractivity contribution in [3.63, 3.8) is 0 Å². The third-order valence-corrected chi connectivity index (χ3v) is 6.45. The lowest BCUT2D eigenvalue weighted by Gasteiger charge is -2.40. The number of hydrogen-bond donors (Lipinski definition) is 0. The Morgan fingerprint density at radius 1 is 0.679 bits per heavy atom. The zero-order chi connectivity index (χ0) is 18.2. The van der Waals surface area contributed by atoms with Gasteiger partial charge in [0.25, 0.3) is 0 Å². The van der Waals surface area contributed by atoms with Gasteiger partial charge >= 0.3 is 0 Å². The summed E-state index contributed by atoms with van der Waals surface area (Å²) >= 11 is 0. The van der Waals surface area contributed by atoms with Crippen molar-refractivity contribution < 1.29 is 0 Å². The monoisotopic (exact) mass is 359 g/mol. The van der Waals surface area contributed by atoms with E-state index in [4.69, 9.17) is 0 Å². The van der Waals surface area contributed by atoms with Crippen LogP contribution in [0, 0.1) is 0 Å². The lowest BCUT2D eigenvalue weighted by Crippen LogP contribution is -2.25. The maximum absolute atomic E-state index is 4.45. The van der Waals surface area contributed by atoms with E-state index in [2.05, 4.69) is 57.3 Å². The zero-order valence-corrected chi connectivity index (χ0v) is 15.3. The minimum atomic E-state index is 0.946. The first-order valence-electron chi connectivity index (χ1n) is 9.80. The third kappa shape index (κ3) is 1.74. The van der Waals surface area contributed by atoms with E-state index in [0.717, 1.165) is 19.3 Å². The van der Waals surface area contributed by atoms with Crippen molar-refractivity contribution >= 4 is 17.1 Å². The molecule has 7 rings (SSSR count). The Morgan fingerprint density at radius 2 is 1.54 bits per heavy atom. The normalized spacial score (nSPS) is 14.6. The van der Waals surface area contributed by atoms with E-state index in [0.29, 0.717) is 0 Å². The summed E-state index contributed by atoms with van der Waals surface area (Å²) in [6.07, 6.45) is 10.8. The zero-order valence-electron chi connectivity index (χ0n) is 15.3. The molecule has 4 heterocycles. The van der Waals surface area contributed by atoms with Gasteiger partial charge < -0.3 is 4.90 Å². The molecule has 0 unspecified atom stereocenters. The Balaban J connectivity index is 1.60. The van der Waals surface area contributed by atoms with E-state index in [9.17, 15) is 0 Å². The third-order valence-electron chi connectivity index (χ3n) is 6.45. The van der Waals surface area contributed by atoms with Gasteiger partial charge in [0.05, 0.1) is 23.3 Å². The highest BCUT2D eigenvalue weighted by Gasteiger charge is 2.36. The van der Waals surface area contributed by atoms with Gasteiger partial charge in [0.15, 0.2) is 0 Å². The molecule has 0 saturated carbocycles. The highest BCUT2D eigenvalue weighted by molar-refractivity contribution is 5.95. The summed E-state index contributed by atoms with van der Waals surface area (Å²) in [7, 11) is 0. The van der Waals surface area contributed by atoms with Gasteiger partial charge in [0, 0.05) is 31.4 Å². The van der Waals surface area contributed by atoms with Crippen LogP contribution in [0.1, 0.15) is 33.4 Å². The molecule has 1 aliphatic carbocycles. The highest BCUT2D eigenvalue weighted by Crippen LogP contribution is 2.54. The summed E-state index contributed by atoms with van der Waals surface area (Å²) < 4.78 is 0. The highest BCUT2D eigenvalue weighted by atomic mass is 15.2. The van der Waals surface area contributed by atoms with Gasteiger partial charge in [-0.05, 0) is 63.1 Å². The Morgan fingerprint density at radius 3 is 2.54 bits per heavy atom. The fraction of sp³-hybridized carbons (Fsp3) is 0.120. The first kappa shape index (κ1) is 14.6. The van der Waals surface area contributed by atoms with Crippen molar-refractivity contribution in [2.45, 2.75) is 19.3 Å². The lowest BCUT2D eigenvalue weighted by atomic mass is 9.83. The van der Waals surface area contributed by atoms with Crippen LogP contribution in [-0.2, 0) is 19.3 Å². The maximum Gasteiger partial charge on any atom is 0.0680 e. The topological polar surface area (TPSA) is 29.0 Å². The number of hydrogen-bond acceptors (Lipinski definition) is 3. The Kier molecular flexibility index (Phi) is 2.64. The van der Waals surface area contributed by atoms with E-state index >= 15 is 0 Å². The Labute approximate surface area is 163 Å². The van der Waals surface area contributed by atoms with Crippen LogP contribution in [0.15, 0.2) is 67.3 Å². The van der Waals surface area contributed by atoms with Crippen molar-refractivity contribution in [2.75, 3.05) is 4.90 Å². The van der Waals surface area contributed by atoms with Crippen LogP contribution < -0.4 is 4.90 Å². The van der Waals surface area contributed by atoms with E-state index in [1.807, 2.05) is 24.8 Å². The minimum absolute atomic E-state index is 0.946. The molecule has 0 spiro atoms. The molecule has 0 amide bonds. The van der Waals surface area contributed by atoms with Crippen LogP contribution in [0.4, 0.5) is 17.1 Å². The van der Waals surface area contributed by atoms with E-state index in [1.165, 1.54) is 61.6 Å². The summed E-state index contributed by atoms with van der Waals surface area (Å²) in [6.45, 7) is 0. The van der Waals surface area contributed by atoms with Gasteiger partial charge in [0.1, 0.15) is 0 Å². The predicted octanol–water partition coefficient (Wildman–Crippen LogP) is 5.33. The van der Waals surface area contributed by atoms with Crippen LogP contribution in [0.2, 0.25) is 0 Å². The lowest BCUT2D eigenvalue weighted by molar-refractivity contribution is 0.988. The van der Waals surface area contributed by atoms with Gasteiger partial charge in [-0.1, -0.05) is 30.3 Å². The Bertz CT molecular complexity index is 1290. The minimum Gasteiger partial charge on any atom is -0.308 e. The van der Waals surface area contributed by atoms with Gasteiger partial charge in [-0.2, -0.15) is 0 Å². The average Bonchev–Trinajstić information content (AvgIpc) is 3.11. The van der Waals surface area contributed by atoms with Crippen LogP contribution in [-0.4, -0.2) is 9.97 Å². The second-order valence-corrected chi connectivity index (χ2v) is 7.93. The molecule has 3 heteroatoms. The van der Waals surface area contributed by atoms with E-state index in [-0.39, 0.29) is 0 Å². The fourth-order valence-corrected chi connectivity index (χ4v) is 5.35. The summed E-state index contributed by atoms with van der Waals surface area (Å²) in [4.78, 5) is 11.3. The van der Waals surface area contributed by atoms with Crippen LogP contribution in [0.3, 0.4) is 0 Å². The smallest absolute Gasteiger partial charge is 0.0680 e. The molecule has 132 valence electrons. The standard InChI is InChI=1S/C25H17N3/c1-2-4-20-15(3-1)9-17-10-18-11-19-13-26-8-6-22(19)28-23-14-27-7-5-16(23)12-21(24(17)20)25(18)28/h1-8,10,13-14H,9,11-12H2. The van der Waals surface area contributed by atoms with Gasteiger partial charge in [0.2, 0.25) is 0 Å². The molecule has 0 N–H and O–H groups in total. The first-order valence-corrected chi connectivity index (χ1v) is 9.80. The second-order valence-electron chi connectivity index (χ2n) is 7.93. The summed E-state index contributed by atoms with van der Waals surface area (Å²) in [5.41, 5.74) is 15.1. The SMILES string of the molecule is c1ccc2c(c1)Cc1cc3c4c(c1-2)Cc1ccncc1N4c1ccncc1C3. The molecule has 0 atom stereocenters. The summed E-state index contributed by atoms with van der Waals surface area (Å²) in [6, 6.07) is 15.7. The molecule has 4 aromatic rings. The molecule has 28 heavy (non-hydrogen) atoms. The quantitative estimate of drug-likeness (QED) is 0.367. The molecule has 0 bridgehead atoms. The average molecular weight is 359 g/mol. The fourth-order valence-electron chi connectivity index (χ4n) is 5.35. The van der Waals surface area contributed by atoms with Crippen molar-refractivity contribution in [1.82, 2.24) is 9.97 Å². The predicted molar refractivity (Wildman–Crippen MR) is 111 cm³/mol. The molecule has 0 radical (unpaired) electrons. The number of nitrogens with zero attached hydrogens (tertiary/aromatic N) is 3. The van der Waals surface area contributed by atoms with Crippen molar-refractivity contribution in [2.24, 2.45) is 0 Å². The van der Waals surface area contributed by atoms with Crippen molar-refractivity contribution in [3.8, 4) is 11.1 Å². The summed E-state index contributed by atoms with van der Waals surface area (Å²) in [5, 5.41) is 0. The van der Waals surface area contributed by atoms with E-state index in [1.54, 1.807) is 0 Å². The molecule has 3 nitrogen and oxygen atoms in total. The molecular weight excluding hydrogens is 342 g/mol. The van der Waals surface area contributed by atoms with Crippen molar-refractivity contribution in [3.05, 3.63) is 101 Å². The number of rotatable bonds is 0. The first-order chi connectivity index (χ1) is 13.9.